The van der Waals surface area contributed by atoms with E-state index in [9.17, 15) is 22.0 Å². The quantitative estimate of drug-likeness (QED) is 0.842. The molecule has 1 aliphatic rings. The maximum absolute atomic E-state index is 12.8. The van der Waals surface area contributed by atoms with Crippen LogP contribution in [0, 0.1) is 0 Å². The molecular weight excluding hydrogens is 307 g/mol. The predicted molar refractivity (Wildman–Crippen MR) is 70.9 cm³/mol. The van der Waals surface area contributed by atoms with Crippen molar-refractivity contribution in [2.24, 2.45) is 0 Å². The fourth-order valence-corrected chi connectivity index (χ4v) is 2.54. The van der Waals surface area contributed by atoms with E-state index in [0.717, 1.165) is 0 Å². The zero-order chi connectivity index (χ0) is 16.2. The summed E-state index contributed by atoms with van der Waals surface area (Å²) in [6.07, 6.45) is -5.27. The maximum Gasteiger partial charge on any atom is 0.390 e. The fraction of sp³-hybridized carbons (Fsp3) is 0.571. The molecule has 0 aliphatic carbocycles. The van der Waals surface area contributed by atoms with Gasteiger partial charge in [0.2, 0.25) is 0 Å². The lowest BCUT2D eigenvalue weighted by Gasteiger charge is -2.35. The Morgan fingerprint density at radius 3 is 2.18 bits per heavy atom. The van der Waals surface area contributed by atoms with Crippen LogP contribution in [-0.2, 0) is 0 Å². The molecule has 1 heterocycles. The summed E-state index contributed by atoms with van der Waals surface area (Å²) in [7, 11) is 0. The van der Waals surface area contributed by atoms with Gasteiger partial charge >= 0.3 is 12.8 Å². The van der Waals surface area contributed by atoms with Crippen molar-refractivity contribution < 1.29 is 26.7 Å². The van der Waals surface area contributed by atoms with E-state index < -0.39 is 25.3 Å². The first kappa shape index (κ1) is 17.0. The van der Waals surface area contributed by atoms with Crippen molar-refractivity contribution in [1.29, 1.82) is 0 Å². The summed E-state index contributed by atoms with van der Waals surface area (Å²) in [5.74, 6) is -0.0650. The van der Waals surface area contributed by atoms with Gasteiger partial charge in [-0.1, -0.05) is 12.1 Å². The van der Waals surface area contributed by atoms with Gasteiger partial charge in [0, 0.05) is 32.2 Å². The van der Waals surface area contributed by atoms with Crippen LogP contribution in [0.2, 0.25) is 0 Å². The highest BCUT2D eigenvalue weighted by Crippen LogP contribution is 2.34. The molecular formula is C14H17F5N2O. The Bertz CT molecular complexity index is 457. The summed E-state index contributed by atoms with van der Waals surface area (Å²) in [4.78, 5) is 1.76. The Labute approximate surface area is 125 Å². The summed E-state index contributed by atoms with van der Waals surface area (Å²) < 4.78 is 66.9. The van der Waals surface area contributed by atoms with Crippen LogP contribution in [-0.4, -0.2) is 43.9 Å². The molecule has 3 nitrogen and oxygen atoms in total. The number of halogens is 5. The second-order valence-electron chi connectivity index (χ2n) is 5.07. The van der Waals surface area contributed by atoms with Gasteiger partial charge in [-0.05, 0) is 17.7 Å². The zero-order valence-corrected chi connectivity index (χ0v) is 11.7. The number of benzene rings is 1. The Morgan fingerprint density at radius 1 is 1.09 bits per heavy atom. The largest absolute Gasteiger partial charge is 0.435 e. The van der Waals surface area contributed by atoms with Crippen LogP contribution in [0.4, 0.5) is 22.0 Å². The number of hydrogen-bond donors (Lipinski definition) is 1. The molecule has 8 heteroatoms. The van der Waals surface area contributed by atoms with Crippen molar-refractivity contribution in [2.45, 2.75) is 25.3 Å². The van der Waals surface area contributed by atoms with E-state index in [1.54, 1.807) is 4.90 Å². The molecule has 124 valence electrons. The van der Waals surface area contributed by atoms with Crippen molar-refractivity contribution in [3.63, 3.8) is 0 Å². The third kappa shape index (κ3) is 5.10. The van der Waals surface area contributed by atoms with Crippen molar-refractivity contribution >= 4 is 0 Å². The fourth-order valence-electron chi connectivity index (χ4n) is 2.54. The van der Waals surface area contributed by atoms with Gasteiger partial charge in [0.05, 0.1) is 6.42 Å². The minimum atomic E-state index is -4.30. The predicted octanol–water partition coefficient (Wildman–Crippen LogP) is 3.19. The third-order valence-electron chi connectivity index (χ3n) is 3.51. The Kier molecular flexibility index (Phi) is 5.57. The molecule has 0 aromatic heterocycles. The molecule has 0 spiro atoms. The SMILES string of the molecule is FC(F)Oc1ccc([C@H](CC(F)(F)F)N2CCNCC2)cc1. The normalized spacial score (nSPS) is 18.5. The molecule has 0 unspecified atom stereocenters. The van der Waals surface area contributed by atoms with Crippen molar-refractivity contribution in [1.82, 2.24) is 10.2 Å². The van der Waals surface area contributed by atoms with Crippen molar-refractivity contribution in [3.05, 3.63) is 29.8 Å². The van der Waals surface area contributed by atoms with Crippen LogP contribution in [0.25, 0.3) is 0 Å². The van der Waals surface area contributed by atoms with E-state index >= 15 is 0 Å². The van der Waals surface area contributed by atoms with Crippen molar-refractivity contribution in [3.8, 4) is 5.75 Å². The van der Waals surface area contributed by atoms with Crippen LogP contribution >= 0.6 is 0 Å². The molecule has 2 rings (SSSR count). The van der Waals surface area contributed by atoms with Gasteiger partial charge in [0.15, 0.2) is 0 Å². The molecule has 1 N–H and O–H groups in total. The molecule has 1 atom stereocenters. The van der Waals surface area contributed by atoms with Crippen molar-refractivity contribution in [2.75, 3.05) is 26.2 Å². The number of nitrogens with one attached hydrogen (secondary N) is 1. The highest BCUT2D eigenvalue weighted by molar-refractivity contribution is 5.29. The van der Waals surface area contributed by atoms with Gasteiger partial charge in [-0.3, -0.25) is 4.90 Å². The average molecular weight is 324 g/mol. The monoisotopic (exact) mass is 324 g/mol. The number of ether oxygens (including phenoxy) is 1. The number of alkyl halides is 5. The van der Waals surface area contributed by atoms with Crippen LogP contribution in [0.5, 0.6) is 5.75 Å². The van der Waals surface area contributed by atoms with E-state index in [4.69, 9.17) is 0 Å². The molecule has 22 heavy (non-hydrogen) atoms. The minimum Gasteiger partial charge on any atom is -0.435 e. The molecule has 0 amide bonds. The summed E-state index contributed by atoms with van der Waals surface area (Å²) in [6, 6.07) is 4.55. The number of rotatable bonds is 5. The Hall–Kier alpha value is -1.41. The Morgan fingerprint density at radius 2 is 1.68 bits per heavy atom. The highest BCUT2D eigenvalue weighted by atomic mass is 19.4. The lowest BCUT2D eigenvalue weighted by Crippen LogP contribution is -2.46. The number of nitrogens with zero attached hydrogens (tertiary/aromatic N) is 1. The summed E-state index contributed by atoms with van der Waals surface area (Å²) in [6.45, 7) is -0.682. The van der Waals surface area contributed by atoms with Gasteiger partial charge in [0.25, 0.3) is 0 Å². The Balaban J connectivity index is 2.16. The molecule has 1 aromatic rings. The summed E-state index contributed by atoms with van der Waals surface area (Å²) in [5.41, 5.74) is 0.445. The molecule has 1 saturated heterocycles. The van der Waals surface area contributed by atoms with Gasteiger partial charge in [-0.2, -0.15) is 22.0 Å². The molecule has 0 bridgehead atoms. The van der Waals surface area contributed by atoms with Gasteiger partial charge < -0.3 is 10.1 Å². The van der Waals surface area contributed by atoms with Crippen LogP contribution in [0.3, 0.4) is 0 Å². The molecule has 1 aliphatic heterocycles. The first-order chi connectivity index (χ1) is 10.3. The van der Waals surface area contributed by atoms with Gasteiger partial charge in [-0.15, -0.1) is 0 Å². The smallest absolute Gasteiger partial charge is 0.390 e. The van der Waals surface area contributed by atoms with Crippen LogP contribution in [0.1, 0.15) is 18.0 Å². The second kappa shape index (κ2) is 7.23. The molecule has 1 fully saturated rings. The maximum atomic E-state index is 12.8. The second-order valence-corrected chi connectivity index (χ2v) is 5.07. The number of hydrogen-bond acceptors (Lipinski definition) is 3. The molecule has 1 aromatic carbocycles. The zero-order valence-electron chi connectivity index (χ0n) is 11.7. The number of piperazine rings is 1. The lowest BCUT2D eigenvalue weighted by atomic mass is 10.0. The van der Waals surface area contributed by atoms with E-state index in [2.05, 4.69) is 10.1 Å². The minimum absolute atomic E-state index is 0.0650. The van der Waals surface area contributed by atoms with E-state index in [1.165, 1.54) is 24.3 Å². The average Bonchev–Trinajstić information content (AvgIpc) is 2.45. The summed E-state index contributed by atoms with van der Waals surface area (Å²) in [5, 5.41) is 3.09. The highest BCUT2D eigenvalue weighted by Gasteiger charge is 2.35. The summed E-state index contributed by atoms with van der Waals surface area (Å²) >= 11 is 0. The topological polar surface area (TPSA) is 24.5 Å². The lowest BCUT2D eigenvalue weighted by molar-refractivity contribution is -0.148. The van der Waals surface area contributed by atoms with E-state index in [0.29, 0.717) is 31.7 Å². The van der Waals surface area contributed by atoms with Crippen LogP contribution in [0.15, 0.2) is 24.3 Å². The molecule has 0 radical (unpaired) electrons. The van der Waals surface area contributed by atoms with Gasteiger partial charge in [0.1, 0.15) is 5.75 Å². The first-order valence-electron chi connectivity index (χ1n) is 6.91. The van der Waals surface area contributed by atoms with Gasteiger partial charge in [-0.25, -0.2) is 0 Å². The third-order valence-corrected chi connectivity index (χ3v) is 3.51. The molecule has 0 saturated carbocycles. The first-order valence-corrected chi connectivity index (χ1v) is 6.91. The van der Waals surface area contributed by atoms with E-state index in [1.807, 2.05) is 0 Å². The van der Waals surface area contributed by atoms with E-state index in [-0.39, 0.29) is 5.75 Å². The standard InChI is InChI=1S/C14H17F5N2O/c15-13(16)22-11-3-1-10(2-4-11)12(9-14(17,18)19)21-7-5-20-6-8-21/h1-4,12-13,20H,5-9H2/t12-/m0/s1. The van der Waals surface area contributed by atoms with Crippen LogP contribution < -0.4 is 10.1 Å².